The first-order chi connectivity index (χ1) is 8.63. The van der Waals surface area contributed by atoms with Crippen LogP contribution >= 0.6 is 34.9 Å². The number of aromatic nitrogens is 2. The van der Waals surface area contributed by atoms with Crippen LogP contribution in [0.4, 0.5) is 0 Å². The van der Waals surface area contributed by atoms with Crippen LogP contribution in [-0.4, -0.2) is 33.7 Å². The summed E-state index contributed by atoms with van der Waals surface area (Å²) in [5, 5.41) is 11.2. The van der Waals surface area contributed by atoms with Gasteiger partial charge in [-0.15, -0.1) is 10.2 Å². The zero-order valence-corrected chi connectivity index (χ0v) is 13.0. The monoisotopic (exact) mass is 303 g/mol. The molecule has 100 valence electrons. The Morgan fingerprint density at radius 2 is 2.06 bits per heavy atom. The van der Waals surface area contributed by atoms with Crippen molar-refractivity contribution in [2.24, 2.45) is 5.92 Å². The predicted molar refractivity (Wildman–Crippen MR) is 77.4 cm³/mol. The first-order valence-electron chi connectivity index (χ1n) is 6.02. The minimum Gasteiger partial charge on any atom is -0.353 e. The minimum atomic E-state index is 0.106. The summed E-state index contributed by atoms with van der Waals surface area (Å²) in [7, 11) is 0. The summed E-state index contributed by atoms with van der Waals surface area (Å²) in [6.07, 6.45) is 2.26. The van der Waals surface area contributed by atoms with Crippen LogP contribution in [0.25, 0.3) is 0 Å². The summed E-state index contributed by atoms with van der Waals surface area (Å²) >= 11 is 4.78. The molecule has 1 heterocycles. The van der Waals surface area contributed by atoms with Crippen molar-refractivity contribution in [3.05, 3.63) is 0 Å². The van der Waals surface area contributed by atoms with E-state index in [4.69, 9.17) is 0 Å². The summed E-state index contributed by atoms with van der Waals surface area (Å²) in [6, 6.07) is 0.435. The molecule has 2 rings (SSSR count). The lowest BCUT2D eigenvalue weighted by Gasteiger charge is -2.00. The summed E-state index contributed by atoms with van der Waals surface area (Å²) < 4.78 is 1.88. The number of hydrogen-bond donors (Lipinski definition) is 1. The molecular formula is C11H17N3OS3. The third-order valence-corrected chi connectivity index (χ3v) is 5.81. The number of hydrogen-bond acceptors (Lipinski definition) is 6. The lowest BCUT2D eigenvalue weighted by Crippen LogP contribution is -2.26. The van der Waals surface area contributed by atoms with Gasteiger partial charge in [0.1, 0.15) is 0 Å². The summed E-state index contributed by atoms with van der Waals surface area (Å²) in [5.41, 5.74) is 0. The van der Waals surface area contributed by atoms with Crippen molar-refractivity contribution in [3.8, 4) is 0 Å². The molecule has 1 N–H and O–H groups in total. The van der Waals surface area contributed by atoms with Crippen molar-refractivity contribution in [1.82, 2.24) is 15.5 Å². The smallest absolute Gasteiger partial charge is 0.230 e. The molecule has 0 bridgehead atoms. The van der Waals surface area contributed by atoms with E-state index in [1.807, 2.05) is 0 Å². The molecular weight excluding hydrogens is 286 g/mol. The van der Waals surface area contributed by atoms with Gasteiger partial charge < -0.3 is 5.32 Å². The van der Waals surface area contributed by atoms with Gasteiger partial charge in [0.05, 0.1) is 5.75 Å². The van der Waals surface area contributed by atoms with Gasteiger partial charge in [-0.3, -0.25) is 4.79 Å². The molecule has 1 aromatic heterocycles. The largest absolute Gasteiger partial charge is 0.353 e. The highest BCUT2D eigenvalue weighted by atomic mass is 32.2. The van der Waals surface area contributed by atoms with E-state index in [1.54, 1.807) is 23.1 Å². The number of nitrogens with zero attached hydrogens (tertiary/aromatic N) is 2. The van der Waals surface area contributed by atoms with Gasteiger partial charge in [-0.05, 0) is 18.8 Å². The second kappa shape index (κ2) is 6.77. The normalized spacial score (nSPS) is 15.1. The average Bonchev–Trinajstić information content (AvgIpc) is 3.01. The third kappa shape index (κ3) is 5.16. The van der Waals surface area contributed by atoms with Crippen molar-refractivity contribution in [2.45, 2.75) is 41.4 Å². The summed E-state index contributed by atoms with van der Waals surface area (Å²) in [6.45, 7) is 4.37. The van der Waals surface area contributed by atoms with Crippen LogP contribution in [0, 0.1) is 5.92 Å². The van der Waals surface area contributed by atoms with Crippen LogP contribution in [-0.2, 0) is 4.79 Å². The Hall–Kier alpha value is -0.270. The van der Waals surface area contributed by atoms with E-state index in [-0.39, 0.29) is 5.91 Å². The Morgan fingerprint density at radius 1 is 1.39 bits per heavy atom. The van der Waals surface area contributed by atoms with Crippen molar-refractivity contribution in [2.75, 3.05) is 11.5 Å². The van der Waals surface area contributed by atoms with Crippen LogP contribution in [0.15, 0.2) is 8.68 Å². The lowest BCUT2D eigenvalue weighted by molar-refractivity contribution is -0.118. The van der Waals surface area contributed by atoms with Crippen LogP contribution < -0.4 is 5.32 Å². The Kier molecular flexibility index (Phi) is 5.32. The number of rotatable bonds is 7. The van der Waals surface area contributed by atoms with Gasteiger partial charge in [-0.1, -0.05) is 48.7 Å². The van der Waals surface area contributed by atoms with E-state index >= 15 is 0 Å². The molecule has 0 aliphatic heterocycles. The third-order valence-electron chi connectivity index (χ3n) is 2.20. The first kappa shape index (κ1) is 14.1. The van der Waals surface area contributed by atoms with E-state index in [2.05, 4.69) is 29.4 Å². The average molecular weight is 303 g/mol. The van der Waals surface area contributed by atoms with Crippen molar-refractivity contribution < 1.29 is 4.79 Å². The van der Waals surface area contributed by atoms with Crippen LogP contribution in [0.3, 0.4) is 0 Å². The van der Waals surface area contributed by atoms with Gasteiger partial charge in [-0.25, -0.2) is 0 Å². The van der Waals surface area contributed by atoms with Crippen molar-refractivity contribution in [1.29, 1.82) is 0 Å². The molecule has 1 saturated carbocycles. The molecule has 0 aromatic carbocycles. The van der Waals surface area contributed by atoms with Gasteiger partial charge in [0, 0.05) is 11.8 Å². The summed E-state index contributed by atoms with van der Waals surface area (Å²) in [5.74, 6) is 2.26. The predicted octanol–water partition coefficient (Wildman–Crippen LogP) is 2.66. The first-order valence-corrected chi connectivity index (χ1v) is 8.80. The second-order valence-corrected chi connectivity index (χ2v) is 8.14. The molecule has 0 unspecified atom stereocenters. The molecule has 0 radical (unpaired) electrons. The van der Waals surface area contributed by atoms with Gasteiger partial charge in [0.25, 0.3) is 0 Å². The van der Waals surface area contributed by atoms with Gasteiger partial charge >= 0.3 is 0 Å². The van der Waals surface area contributed by atoms with Crippen LogP contribution in [0.5, 0.6) is 0 Å². The lowest BCUT2D eigenvalue weighted by atomic mass is 10.3. The Bertz CT molecular complexity index is 404. The number of carbonyl (C=O) groups is 1. The number of carbonyl (C=O) groups excluding carboxylic acids is 1. The summed E-state index contributed by atoms with van der Waals surface area (Å²) in [4.78, 5) is 11.5. The molecule has 1 aliphatic carbocycles. The Morgan fingerprint density at radius 3 is 2.67 bits per heavy atom. The fourth-order valence-corrected chi connectivity index (χ4v) is 3.98. The number of amides is 1. The maximum absolute atomic E-state index is 11.5. The second-order valence-electron chi connectivity index (χ2n) is 4.67. The molecule has 0 spiro atoms. The molecule has 18 heavy (non-hydrogen) atoms. The fraction of sp³-hybridized carbons (Fsp3) is 0.727. The molecule has 1 aromatic rings. The zero-order valence-electron chi connectivity index (χ0n) is 10.5. The molecule has 0 atom stereocenters. The van der Waals surface area contributed by atoms with E-state index in [0.717, 1.165) is 27.3 Å². The highest BCUT2D eigenvalue weighted by Crippen LogP contribution is 2.29. The Labute approximate surface area is 120 Å². The topological polar surface area (TPSA) is 54.9 Å². The van der Waals surface area contributed by atoms with Gasteiger partial charge in [0.15, 0.2) is 8.68 Å². The molecule has 7 heteroatoms. The maximum atomic E-state index is 11.5. The molecule has 1 fully saturated rings. The molecule has 1 aliphatic rings. The van der Waals surface area contributed by atoms with Crippen molar-refractivity contribution in [3.63, 3.8) is 0 Å². The SMILES string of the molecule is CC(C)CSc1nnc(SCC(=O)NC2CC2)s1. The quantitative estimate of drug-likeness (QED) is 0.785. The van der Waals surface area contributed by atoms with E-state index in [1.165, 1.54) is 11.8 Å². The number of thioether (sulfide) groups is 2. The number of nitrogens with one attached hydrogen (secondary N) is 1. The van der Waals surface area contributed by atoms with Crippen LogP contribution in [0.1, 0.15) is 26.7 Å². The fourth-order valence-electron chi connectivity index (χ4n) is 1.18. The van der Waals surface area contributed by atoms with Crippen molar-refractivity contribution >= 4 is 40.8 Å². The highest BCUT2D eigenvalue weighted by Gasteiger charge is 2.23. The van der Waals surface area contributed by atoms with Gasteiger partial charge in [-0.2, -0.15) is 0 Å². The van der Waals surface area contributed by atoms with E-state index in [9.17, 15) is 4.79 Å². The standard InChI is InChI=1S/C11H17N3OS3/c1-7(2)5-16-10-13-14-11(18-10)17-6-9(15)12-8-3-4-8/h7-8H,3-6H2,1-2H3,(H,12,15). The maximum Gasteiger partial charge on any atom is 0.230 e. The molecule has 1 amide bonds. The zero-order chi connectivity index (χ0) is 13.0. The Balaban J connectivity index is 1.70. The van der Waals surface area contributed by atoms with Crippen LogP contribution in [0.2, 0.25) is 0 Å². The minimum absolute atomic E-state index is 0.106. The van der Waals surface area contributed by atoms with E-state index < -0.39 is 0 Å². The van der Waals surface area contributed by atoms with E-state index in [0.29, 0.717) is 17.7 Å². The molecule has 4 nitrogen and oxygen atoms in total. The van der Waals surface area contributed by atoms with Gasteiger partial charge in [0.2, 0.25) is 5.91 Å². The highest BCUT2D eigenvalue weighted by molar-refractivity contribution is 8.03. The molecule has 0 saturated heterocycles.